The maximum atomic E-state index is 12.7. The summed E-state index contributed by atoms with van der Waals surface area (Å²) in [5.41, 5.74) is 2.95. The molecule has 0 heterocycles. The van der Waals surface area contributed by atoms with Crippen LogP contribution in [0.2, 0.25) is 0 Å². The predicted octanol–water partition coefficient (Wildman–Crippen LogP) is 7.81. The van der Waals surface area contributed by atoms with Crippen LogP contribution in [0.15, 0.2) is 48.3 Å². The molecule has 0 atom stereocenters. The van der Waals surface area contributed by atoms with Crippen molar-refractivity contribution in [1.82, 2.24) is 0 Å². The molecule has 2 aliphatic carbocycles. The first-order valence-corrected chi connectivity index (χ1v) is 12.3. The van der Waals surface area contributed by atoms with Crippen LogP contribution in [0.3, 0.4) is 0 Å². The lowest BCUT2D eigenvalue weighted by Gasteiger charge is -2.32. The second-order valence-electron chi connectivity index (χ2n) is 9.42. The van der Waals surface area contributed by atoms with Crippen LogP contribution in [-0.4, -0.2) is 12.7 Å². The van der Waals surface area contributed by atoms with E-state index in [1.165, 1.54) is 74.6 Å². The highest BCUT2D eigenvalue weighted by molar-refractivity contribution is 5.25. The fraction of sp³-hybridized carbons (Fsp3) is 0.607. The second kappa shape index (κ2) is 12.8. The molecular weight excluding hydrogens is 385 g/mol. The van der Waals surface area contributed by atoms with Gasteiger partial charge in [-0.3, -0.25) is 0 Å². The molecule has 0 unspecified atom stereocenters. The van der Waals surface area contributed by atoms with E-state index in [-0.39, 0.29) is 0 Å². The lowest BCUT2D eigenvalue weighted by molar-refractivity contribution is -0.00824. The number of benzene rings is 1. The number of hydrogen-bond donors (Lipinski definition) is 0. The van der Waals surface area contributed by atoms with Crippen molar-refractivity contribution in [3.05, 3.63) is 59.4 Å². The molecule has 2 saturated carbocycles. The van der Waals surface area contributed by atoms with Gasteiger partial charge in [0.25, 0.3) is 0 Å². The monoisotopic (exact) mass is 423 g/mol. The molecule has 2 nitrogen and oxygen atoms in total. The zero-order chi connectivity index (χ0) is 21.9. The average Bonchev–Trinajstić information content (AvgIpc) is 2.83. The van der Waals surface area contributed by atoms with E-state index in [1.807, 2.05) is 6.08 Å². The quantitative estimate of drug-likeness (QED) is 0.300. The van der Waals surface area contributed by atoms with Crippen molar-refractivity contribution in [3.8, 4) is 6.07 Å². The largest absolute Gasteiger partial charge is 0.378 e. The van der Waals surface area contributed by atoms with Crippen LogP contribution < -0.4 is 0 Å². The maximum absolute atomic E-state index is 12.7. The van der Waals surface area contributed by atoms with Gasteiger partial charge in [-0.15, -0.1) is 0 Å². The van der Waals surface area contributed by atoms with E-state index < -0.39 is 5.83 Å². The number of nitriles is 1. The number of allylic oxidation sites excluding steroid dienone is 4. The first-order chi connectivity index (χ1) is 15.2. The Balaban J connectivity index is 1.28. The molecule has 2 aliphatic rings. The molecule has 0 N–H and O–H groups in total. The minimum atomic E-state index is -0.729. The lowest BCUT2D eigenvalue weighted by atomic mass is 9.79. The van der Waals surface area contributed by atoms with Crippen molar-refractivity contribution in [3.63, 3.8) is 0 Å². The number of nitrogens with zero attached hydrogens (tertiary/aromatic N) is 1. The highest BCUT2D eigenvalue weighted by Gasteiger charge is 2.25. The Morgan fingerprint density at radius 1 is 1.03 bits per heavy atom. The van der Waals surface area contributed by atoms with Crippen molar-refractivity contribution in [2.45, 2.75) is 89.6 Å². The van der Waals surface area contributed by atoms with E-state index in [0.29, 0.717) is 6.10 Å². The van der Waals surface area contributed by atoms with Crippen LogP contribution in [0.5, 0.6) is 0 Å². The fourth-order valence-electron chi connectivity index (χ4n) is 5.17. The third kappa shape index (κ3) is 7.93. The summed E-state index contributed by atoms with van der Waals surface area (Å²) in [7, 11) is 0. The summed E-state index contributed by atoms with van der Waals surface area (Å²) >= 11 is 0. The van der Waals surface area contributed by atoms with Gasteiger partial charge in [-0.25, -0.2) is 0 Å². The summed E-state index contributed by atoms with van der Waals surface area (Å²) in [5, 5.41) is 8.38. The molecule has 31 heavy (non-hydrogen) atoms. The van der Waals surface area contributed by atoms with Gasteiger partial charge in [-0.05, 0) is 106 Å². The Morgan fingerprint density at radius 3 is 2.35 bits per heavy atom. The maximum Gasteiger partial charge on any atom is 0.199 e. The van der Waals surface area contributed by atoms with Gasteiger partial charge in [0.15, 0.2) is 5.83 Å². The van der Waals surface area contributed by atoms with E-state index in [0.717, 1.165) is 43.6 Å². The molecule has 0 aliphatic heterocycles. The Morgan fingerprint density at radius 2 is 1.71 bits per heavy atom. The Hall–Kier alpha value is -1.92. The van der Waals surface area contributed by atoms with Crippen molar-refractivity contribution < 1.29 is 9.13 Å². The van der Waals surface area contributed by atoms with Crippen molar-refractivity contribution >= 4 is 0 Å². The zero-order valence-corrected chi connectivity index (χ0v) is 19.1. The molecule has 3 rings (SSSR count). The number of halogens is 1. The van der Waals surface area contributed by atoms with Crippen LogP contribution in [-0.2, 0) is 11.2 Å². The first kappa shape index (κ1) is 23.7. The van der Waals surface area contributed by atoms with Gasteiger partial charge in [0.05, 0.1) is 6.10 Å². The van der Waals surface area contributed by atoms with Gasteiger partial charge < -0.3 is 4.74 Å². The third-order valence-electron chi connectivity index (χ3n) is 7.29. The SMILES string of the molecule is CCc1ccc(C2CCC(COC3CCC(CC/C=C/C=C(\F)C#N)CC3)CC2)cc1. The van der Waals surface area contributed by atoms with Crippen molar-refractivity contribution in [2.24, 2.45) is 11.8 Å². The molecule has 1 aromatic carbocycles. The molecule has 0 radical (unpaired) electrons. The Bertz CT molecular complexity index is 744. The van der Waals surface area contributed by atoms with Gasteiger partial charge in [0, 0.05) is 6.61 Å². The van der Waals surface area contributed by atoms with E-state index >= 15 is 0 Å². The molecule has 0 aromatic heterocycles. The van der Waals surface area contributed by atoms with Crippen LogP contribution in [0.1, 0.15) is 88.2 Å². The highest BCUT2D eigenvalue weighted by Crippen LogP contribution is 2.37. The first-order valence-electron chi connectivity index (χ1n) is 12.3. The minimum absolute atomic E-state index is 0.443. The minimum Gasteiger partial charge on any atom is -0.378 e. The summed E-state index contributed by atoms with van der Waals surface area (Å²) in [5.74, 6) is 1.49. The van der Waals surface area contributed by atoms with Gasteiger partial charge in [-0.2, -0.15) is 9.65 Å². The molecule has 168 valence electrons. The summed E-state index contributed by atoms with van der Waals surface area (Å²) < 4.78 is 19.1. The molecule has 1 aromatic rings. The summed E-state index contributed by atoms with van der Waals surface area (Å²) in [6, 6.07) is 10.8. The number of rotatable bonds is 9. The molecule has 2 fully saturated rings. The molecule has 0 spiro atoms. The van der Waals surface area contributed by atoms with E-state index in [1.54, 1.807) is 6.08 Å². The molecule has 3 heteroatoms. The number of aryl methyl sites for hydroxylation is 1. The normalized spacial score (nSPS) is 27.3. The van der Waals surface area contributed by atoms with Gasteiger partial charge in [0.2, 0.25) is 0 Å². The van der Waals surface area contributed by atoms with Crippen molar-refractivity contribution in [1.29, 1.82) is 5.26 Å². The molecule has 0 saturated heterocycles. The fourth-order valence-corrected chi connectivity index (χ4v) is 5.17. The van der Waals surface area contributed by atoms with Crippen LogP contribution in [0, 0.1) is 23.2 Å². The Labute approximate surface area is 188 Å². The highest BCUT2D eigenvalue weighted by atomic mass is 19.1. The van der Waals surface area contributed by atoms with E-state index in [4.69, 9.17) is 10.00 Å². The molecule has 0 bridgehead atoms. The third-order valence-corrected chi connectivity index (χ3v) is 7.29. The Kier molecular flexibility index (Phi) is 9.82. The topological polar surface area (TPSA) is 33.0 Å². The van der Waals surface area contributed by atoms with Gasteiger partial charge in [-0.1, -0.05) is 43.3 Å². The average molecular weight is 424 g/mol. The van der Waals surface area contributed by atoms with E-state index in [2.05, 4.69) is 31.2 Å². The van der Waals surface area contributed by atoms with Crippen LogP contribution in [0.4, 0.5) is 4.39 Å². The number of hydrogen-bond acceptors (Lipinski definition) is 2. The predicted molar refractivity (Wildman–Crippen MR) is 125 cm³/mol. The van der Waals surface area contributed by atoms with Crippen LogP contribution >= 0.6 is 0 Å². The summed E-state index contributed by atoms with van der Waals surface area (Å²) in [6.07, 6.45) is 18.5. The molecule has 0 amide bonds. The van der Waals surface area contributed by atoms with Gasteiger partial charge in [0.1, 0.15) is 6.07 Å². The van der Waals surface area contributed by atoms with Crippen molar-refractivity contribution in [2.75, 3.05) is 6.61 Å². The zero-order valence-electron chi connectivity index (χ0n) is 19.1. The van der Waals surface area contributed by atoms with Gasteiger partial charge >= 0.3 is 0 Å². The second-order valence-corrected chi connectivity index (χ2v) is 9.42. The van der Waals surface area contributed by atoms with E-state index in [9.17, 15) is 4.39 Å². The summed E-state index contributed by atoms with van der Waals surface area (Å²) in [6.45, 7) is 3.15. The summed E-state index contributed by atoms with van der Waals surface area (Å²) in [4.78, 5) is 0. The smallest absolute Gasteiger partial charge is 0.199 e. The molecular formula is C28H38FNO. The van der Waals surface area contributed by atoms with Crippen LogP contribution in [0.25, 0.3) is 0 Å². The lowest BCUT2D eigenvalue weighted by Crippen LogP contribution is -2.25. The number of ether oxygens (including phenoxy) is 1. The standard InChI is InChI=1S/C28H38FNO/c1-2-22-8-14-25(15-9-22)26-16-10-24(11-17-26)21-31-28-18-12-23(13-19-28)6-4-3-5-7-27(29)20-30/h3,5,7-9,14-15,23-24,26,28H,2,4,6,10-13,16-19,21H2,1H3/b5-3+,27-7-.